The molecule has 0 aromatic carbocycles. The van der Waals surface area contributed by atoms with Crippen LogP contribution in [-0.2, 0) is 0 Å². The molecule has 0 unspecified atom stereocenters. The number of thiophene rings is 2. The standard InChI is InChI=1S/C7H5BrS2/c1-4-3-9-7-5(4)2-6(8)10-7/h2-3H,1H3. The minimum Gasteiger partial charge on any atom is -0.132 e. The van der Waals surface area contributed by atoms with Crippen LogP contribution in [0.25, 0.3) is 9.40 Å². The van der Waals surface area contributed by atoms with Crippen LogP contribution in [0.15, 0.2) is 15.2 Å². The molecular weight excluding hydrogens is 228 g/mol. The summed E-state index contributed by atoms with van der Waals surface area (Å²) in [6.45, 7) is 2.15. The quantitative estimate of drug-likeness (QED) is 0.644. The molecule has 2 aromatic heterocycles. The molecule has 0 aliphatic carbocycles. The molecule has 10 heavy (non-hydrogen) atoms. The van der Waals surface area contributed by atoms with E-state index in [1.54, 1.807) is 0 Å². The molecule has 0 saturated heterocycles. The zero-order valence-corrected chi connectivity index (χ0v) is 8.57. The zero-order chi connectivity index (χ0) is 7.14. The first kappa shape index (κ1) is 6.83. The largest absolute Gasteiger partial charge is 0.132 e. The predicted octanol–water partition coefficient (Wildman–Crippen LogP) is 4.03. The van der Waals surface area contributed by atoms with Crippen molar-refractivity contribution in [3.8, 4) is 0 Å². The van der Waals surface area contributed by atoms with E-state index in [0.29, 0.717) is 0 Å². The van der Waals surface area contributed by atoms with Crippen LogP contribution >= 0.6 is 38.6 Å². The first-order valence-electron chi connectivity index (χ1n) is 2.90. The second-order valence-corrected chi connectivity index (χ2v) is 5.74. The smallest absolute Gasteiger partial charge is 0.0879 e. The van der Waals surface area contributed by atoms with E-state index in [-0.39, 0.29) is 0 Å². The van der Waals surface area contributed by atoms with Crippen molar-refractivity contribution in [1.82, 2.24) is 0 Å². The molecule has 0 spiro atoms. The van der Waals surface area contributed by atoms with Crippen LogP contribution in [0.2, 0.25) is 0 Å². The van der Waals surface area contributed by atoms with Gasteiger partial charge in [0.1, 0.15) is 0 Å². The summed E-state index contributed by atoms with van der Waals surface area (Å²) in [6, 6.07) is 2.19. The molecule has 2 heterocycles. The van der Waals surface area contributed by atoms with Crippen molar-refractivity contribution in [3.63, 3.8) is 0 Å². The van der Waals surface area contributed by atoms with Gasteiger partial charge in [-0.15, -0.1) is 22.7 Å². The van der Waals surface area contributed by atoms with Gasteiger partial charge in [-0.2, -0.15) is 0 Å². The molecule has 0 aliphatic rings. The van der Waals surface area contributed by atoms with Crippen LogP contribution in [0, 0.1) is 6.92 Å². The number of hydrogen-bond donors (Lipinski definition) is 0. The molecule has 0 bridgehead atoms. The second-order valence-electron chi connectivity index (χ2n) is 2.17. The zero-order valence-electron chi connectivity index (χ0n) is 5.35. The molecule has 0 nitrogen and oxygen atoms in total. The highest BCUT2D eigenvalue weighted by Gasteiger charge is 2.02. The van der Waals surface area contributed by atoms with Gasteiger partial charge in [0.15, 0.2) is 0 Å². The Bertz CT molecular complexity index is 358. The molecule has 52 valence electrons. The number of hydrogen-bond acceptors (Lipinski definition) is 2. The predicted molar refractivity (Wildman–Crippen MR) is 52.1 cm³/mol. The van der Waals surface area contributed by atoms with E-state index >= 15 is 0 Å². The van der Waals surface area contributed by atoms with Crippen molar-refractivity contribution in [1.29, 1.82) is 0 Å². The van der Waals surface area contributed by atoms with Gasteiger partial charge in [0.2, 0.25) is 0 Å². The Hall–Kier alpha value is 0.140. The van der Waals surface area contributed by atoms with Gasteiger partial charge in [-0.25, -0.2) is 0 Å². The van der Waals surface area contributed by atoms with Gasteiger partial charge in [-0.05, 0) is 39.9 Å². The van der Waals surface area contributed by atoms with Gasteiger partial charge < -0.3 is 0 Å². The van der Waals surface area contributed by atoms with E-state index in [1.807, 2.05) is 22.7 Å². The van der Waals surface area contributed by atoms with E-state index in [0.717, 1.165) is 0 Å². The van der Waals surface area contributed by atoms with Crippen LogP contribution in [0.1, 0.15) is 5.56 Å². The van der Waals surface area contributed by atoms with E-state index < -0.39 is 0 Å². The Morgan fingerprint density at radius 3 is 3.00 bits per heavy atom. The molecule has 0 aliphatic heterocycles. The van der Waals surface area contributed by atoms with Crippen LogP contribution in [0.5, 0.6) is 0 Å². The maximum absolute atomic E-state index is 3.46. The maximum Gasteiger partial charge on any atom is 0.0879 e. The van der Waals surface area contributed by atoms with E-state index in [1.165, 1.54) is 18.7 Å². The van der Waals surface area contributed by atoms with Crippen LogP contribution in [0.3, 0.4) is 0 Å². The van der Waals surface area contributed by atoms with E-state index in [2.05, 4.69) is 34.3 Å². The lowest BCUT2D eigenvalue weighted by Crippen LogP contribution is -1.56. The van der Waals surface area contributed by atoms with Crippen molar-refractivity contribution >= 4 is 48.0 Å². The molecule has 0 radical (unpaired) electrons. The fourth-order valence-corrected chi connectivity index (χ4v) is 4.00. The summed E-state index contributed by atoms with van der Waals surface area (Å²) in [4.78, 5) is 0. The van der Waals surface area contributed by atoms with Crippen LogP contribution in [-0.4, -0.2) is 0 Å². The summed E-state index contributed by atoms with van der Waals surface area (Å²) in [5, 5.41) is 3.61. The molecule has 0 atom stereocenters. The summed E-state index contributed by atoms with van der Waals surface area (Å²) in [6.07, 6.45) is 0. The number of fused-ring (bicyclic) bond motifs is 1. The van der Waals surface area contributed by atoms with Crippen molar-refractivity contribution in [2.75, 3.05) is 0 Å². The lowest BCUT2D eigenvalue weighted by Gasteiger charge is -1.76. The molecule has 0 N–H and O–H groups in total. The van der Waals surface area contributed by atoms with E-state index in [9.17, 15) is 0 Å². The molecule has 3 heteroatoms. The summed E-state index contributed by atoms with van der Waals surface area (Å²) < 4.78 is 2.65. The average molecular weight is 233 g/mol. The molecule has 2 aromatic rings. The van der Waals surface area contributed by atoms with Crippen molar-refractivity contribution in [2.24, 2.45) is 0 Å². The third-order valence-corrected chi connectivity index (χ3v) is 4.31. The van der Waals surface area contributed by atoms with Gasteiger partial charge >= 0.3 is 0 Å². The Morgan fingerprint density at radius 1 is 1.50 bits per heavy atom. The third-order valence-electron chi connectivity index (χ3n) is 1.44. The Kier molecular flexibility index (Phi) is 1.59. The summed E-state index contributed by atoms with van der Waals surface area (Å²) in [7, 11) is 0. The summed E-state index contributed by atoms with van der Waals surface area (Å²) in [5.41, 5.74) is 1.39. The third kappa shape index (κ3) is 0.929. The molecule has 0 amide bonds. The normalized spacial score (nSPS) is 11.0. The van der Waals surface area contributed by atoms with Gasteiger partial charge in [0, 0.05) is 5.39 Å². The van der Waals surface area contributed by atoms with Crippen molar-refractivity contribution in [2.45, 2.75) is 6.92 Å². The first-order chi connectivity index (χ1) is 4.77. The second kappa shape index (κ2) is 2.32. The minimum absolute atomic E-state index is 1.23. The fourth-order valence-electron chi connectivity index (χ4n) is 0.913. The molecule has 0 fully saturated rings. The summed E-state index contributed by atoms with van der Waals surface area (Å²) >= 11 is 7.09. The Morgan fingerprint density at radius 2 is 2.30 bits per heavy atom. The van der Waals surface area contributed by atoms with Gasteiger partial charge in [0.25, 0.3) is 0 Å². The highest BCUT2D eigenvalue weighted by atomic mass is 79.9. The summed E-state index contributed by atoms with van der Waals surface area (Å²) in [5.74, 6) is 0. The Labute approximate surface area is 75.6 Å². The maximum atomic E-state index is 3.46. The first-order valence-corrected chi connectivity index (χ1v) is 5.39. The van der Waals surface area contributed by atoms with Crippen molar-refractivity contribution in [3.05, 3.63) is 20.8 Å². The molecule has 0 saturated carbocycles. The topological polar surface area (TPSA) is 0 Å². The average Bonchev–Trinajstić information content (AvgIpc) is 2.35. The lowest BCUT2D eigenvalue weighted by molar-refractivity contribution is 1.61. The lowest BCUT2D eigenvalue weighted by atomic mass is 10.3. The number of halogens is 1. The van der Waals surface area contributed by atoms with E-state index in [4.69, 9.17) is 0 Å². The van der Waals surface area contributed by atoms with Gasteiger partial charge in [-0.3, -0.25) is 0 Å². The highest BCUT2D eigenvalue weighted by Crippen LogP contribution is 2.35. The SMILES string of the molecule is Cc1csc2sc(Br)cc12. The number of aryl methyl sites for hydroxylation is 1. The number of rotatable bonds is 0. The minimum atomic E-state index is 1.23. The van der Waals surface area contributed by atoms with Crippen molar-refractivity contribution < 1.29 is 0 Å². The monoisotopic (exact) mass is 232 g/mol. The van der Waals surface area contributed by atoms with Crippen LogP contribution < -0.4 is 0 Å². The Balaban J connectivity index is 2.90. The molecular formula is C7H5BrS2. The van der Waals surface area contributed by atoms with Gasteiger partial charge in [-0.1, -0.05) is 0 Å². The van der Waals surface area contributed by atoms with Gasteiger partial charge in [0.05, 0.1) is 7.80 Å². The fraction of sp³-hybridized carbons (Fsp3) is 0.143. The van der Waals surface area contributed by atoms with Crippen LogP contribution in [0.4, 0.5) is 0 Å². The molecule has 2 rings (SSSR count). The highest BCUT2D eigenvalue weighted by molar-refractivity contribution is 9.11.